The van der Waals surface area contributed by atoms with E-state index in [1.165, 1.54) is 35.7 Å². The van der Waals surface area contributed by atoms with Crippen LogP contribution in [0.5, 0.6) is 0 Å². The van der Waals surface area contributed by atoms with Gasteiger partial charge in [-0.3, -0.25) is 0 Å². The minimum atomic E-state index is -0.209. The molecule has 0 saturated heterocycles. The standard InChI is InChI=1S/C11H12FN3S2/c1-2-13-6-8-5-9(12)3-4-10(8)16-11-14-7-15-17-11/h3-5,7,13H,2,6H2,1H3. The topological polar surface area (TPSA) is 37.8 Å². The molecule has 6 heteroatoms. The zero-order valence-electron chi connectivity index (χ0n) is 9.31. The summed E-state index contributed by atoms with van der Waals surface area (Å²) in [6, 6.07) is 4.82. The quantitative estimate of drug-likeness (QED) is 0.905. The fourth-order valence-electron chi connectivity index (χ4n) is 1.35. The minimum Gasteiger partial charge on any atom is -0.313 e. The molecule has 0 unspecified atom stereocenters. The Morgan fingerprint density at radius 3 is 3.06 bits per heavy atom. The Balaban J connectivity index is 2.19. The molecule has 0 amide bonds. The van der Waals surface area contributed by atoms with E-state index in [0.29, 0.717) is 6.54 Å². The molecule has 1 heterocycles. The number of benzene rings is 1. The summed E-state index contributed by atoms with van der Waals surface area (Å²) in [5, 5.41) is 3.20. The summed E-state index contributed by atoms with van der Waals surface area (Å²) >= 11 is 2.86. The fraction of sp³-hybridized carbons (Fsp3) is 0.273. The molecule has 2 rings (SSSR count). The minimum absolute atomic E-state index is 0.209. The monoisotopic (exact) mass is 269 g/mol. The van der Waals surface area contributed by atoms with Gasteiger partial charge in [-0.15, -0.1) is 0 Å². The van der Waals surface area contributed by atoms with Crippen molar-refractivity contribution in [3.8, 4) is 0 Å². The number of rotatable bonds is 5. The highest BCUT2D eigenvalue weighted by Gasteiger charge is 2.07. The Morgan fingerprint density at radius 1 is 1.47 bits per heavy atom. The summed E-state index contributed by atoms with van der Waals surface area (Å²) in [5.74, 6) is -0.209. The first-order valence-electron chi connectivity index (χ1n) is 5.23. The zero-order valence-corrected chi connectivity index (χ0v) is 10.9. The van der Waals surface area contributed by atoms with Crippen LogP contribution in [0.25, 0.3) is 0 Å². The molecular formula is C11H12FN3S2. The number of halogens is 1. The van der Waals surface area contributed by atoms with Crippen LogP contribution < -0.4 is 5.32 Å². The molecule has 0 bridgehead atoms. The van der Waals surface area contributed by atoms with Crippen LogP contribution in [0.15, 0.2) is 33.8 Å². The molecule has 0 saturated carbocycles. The molecule has 1 aromatic carbocycles. The molecule has 90 valence electrons. The van der Waals surface area contributed by atoms with Gasteiger partial charge in [0, 0.05) is 11.4 Å². The molecule has 1 N–H and O–H groups in total. The summed E-state index contributed by atoms with van der Waals surface area (Å²) in [6.07, 6.45) is 1.53. The largest absolute Gasteiger partial charge is 0.313 e. The van der Waals surface area contributed by atoms with E-state index < -0.39 is 0 Å². The highest BCUT2D eigenvalue weighted by molar-refractivity contribution is 8.01. The highest BCUT2D eigenvalue weighted by Crippen LogP contribution is 2.31. The third kappa shape index (κ3) is 3.49. The number of nitrogens with zero attached hydrogens (tertiary/aromatic N) is 2. The first-order valence-corrected chi connectivity index (χ1v) is 6.82. The Kier molecular flexibility index (Phi) is 4.47. The van der Waals surface area contributed by atoms with Crippen molar-refractivity contribution in [3.63, 3.8) is 0 Å². The number of hydrogen-bond acceptors (Lipinski definition) is 5. The number of nitrogens with one attached hydrogen (secondary N) is 1. The predicted molar refractivity (Wildman–Crippen MR) is 67.8 cm³/mol. The normalized spacial score (nSPS) is 10.7. The fourth-order valence-corrected chi connectivity index (χ4v) is 2.86. The van der Waals surface area contributed by atoms with E-state index in [9.17, 15) is 4.39 Å². The zero-order chi connectivity index (χ0) is 12.1. The summed E-state index contributed by atoms with van der Waals surface area (Å²) in [5.41, 5.74) is 0.951. The van der Waals surface area contributed by atoms with Crippen LogP contribution in [-0.4, -0.2) is 15.9 Å². The summed E-state index contributed by atoms with van der Waals surface area (Å²) < 4.78 is 18.0. The van der Waals surface area contributed by atoms with Gasteiger partial charge in [-0.1, -0.05) is 18.7 Å². The third-order valence-corrected chi connectivity index (χ3v) is 3.96. The maximum Gasteiger partial charge on any atom is 0.174 e. The Hall–Kier alpha value is -0.980. The maximum atomic E-state index is 13.2. The van der Waals surface area contributed by atoms with Crippen molar-refractivity contribution in [2.24, 2.45) is 0 Å². The smallest absolute Gasteiger partial charge is 0.174 e. The molecule has 0 fully saturated rings. The van der Waals surface area contributed by atoms with Crippen molar-refractivity contribution in [2.45, 2.75) is 22.7 Å². The third-order valence-electron chi connectivity index (χ3n) is 2.13. The Labute approximate surface area is 108 Å². The summed E-state index contributed by atoms with van der Waals surface area (Å²) in [4.78, 5) is 5.13. The van der Waals surface area contributed by atoms with Gasteiger partial charge in [0.1, 0.15) is 12.1 Å². The van der Waals surface area contributed by atoms with Crippen LogP contribution in [0, 0.1) is 5.82 Å². The van der Waals surface area contributed by atoms with Crippen LogP contribution in [-0.2, 0) is 6.54 Å². The molecule has 0 radical (unpaired) electrons. The number of aromatic nitrogens is 2. The highest BCUT2D eigenvalue weighted by atomic mass is 32.2. The Morgan fingerprint density at radius 2 is 2.35 bits per heavy atom. The molecular weight excluding hydrogens is 257 g/mol. The first-order chi connectivity index (χ1) is 8.29. The van der Waals surface area contributed by atoms with E-state index in [2.05, 4.69) is 14.7 Å². The lowest BCUT2D eigenvalue weighted by molar-refractivity contribution is 0.619. The van der Waals surface area contributed by atoms with Crippen molar-refractivity contribution < 1.29 is 4.39 Å². The summed E-state index contributed by atoms with van der Waals surface area (Å²) in [7, 11) is 0. The van der Waals surface area contributed by atoms with Gasteiger partial charge in [0.25, 0.3) is 0 Å². The van der Waals surface area contributed by atoms with Crippen molar-refractivity contribution in [2.75, 3.05) is 6.54 Å². The van der Waals surface area contributed by atoms with Gasteiger partial charge in [0.05, 0.1) is 0 Å². The SMILES string of the molecule is CCNCc1cc(F)ccc1Sc1ncns1. The van der Waals surface area contributed by atoms with Gasteiger partial charge in [-0.2, -0.15) is 4.37 Å². The molecule has 0 aliphatic rings. The average molecular weight is 269 g/mol. The van der Waals surface area contributed by atoms with E-state index in [1.54, 1.807) is 12.1 Å². The van der Waals surface area contributed by atoms with Crippen LogP contribution >= 0.6 is 23.3 Å². The second kappa shape index (κ2) is 6.09. The number of hydrogen-bond donors (Lipinski definition) is 1. The van der Waals surface area contributed by atoms with Gasteiger partial charge in [0.15, 0.2) is 4.34 Å². The van der Waals surface area contributed by atoms with E-state index in [0.717, 1.165) is 21.3 Å². The predicted octanol–water partition coefficient (Wildman–Crippen LogP) is 2.94. The molecule has 0 atom stereocenters. The van der Waals surface area contributed by atoms with Crippen molar-refractivity contribution in [3.05, 3.63) is 35.9 Å². The van der Waals surface area contributed by atoms with Crippen LogP contribution in [0.3, 0.4) is 0 Å². The lowest BCUT2D eigenvalue weighted by Crippen LogP contribution is -2.12. The molecule has 0 spiro atoms. The van der Waals surface area contributed by atoms with Crippen LogP contribution in [0.4, 0.5) is 4.39 Å². The van der Waals surface area contributed by atoms with Crippen molar-refractivity contribution >= 4 is 23.3 Å². The average Bonchev–Trinajstić information content (AvgIpc) is 2.82. The summed E-state index contributed by atoms with van der Waals surface area (Å²) in [6.45, 7) is 3.55. The second-order valence-electron chi connectivity index (χ2n) is 3.34. The molecule has 0 aliphatic carbocycles. The molecule has 1 aromatic heterocycles. The van der Waals surface area contributed by atoms with E-state index in [1.807, 2.05) is 6.92 Å². The van der Waals surface area contributed by atoms with Crippen molar-refractivity contribution in [1.82, 2.24) is 14.7 Å². The molecule has 0 aliphatic heterocycles. The Bertz CT molecular complexity index is 474. The van der Waals surface area contributed by atoms with Gasteiger partial charge in [-0.25, -0.2) is 9.37 Å². The van der Waals surface area contributed by atoms with Crippen LogP contribution in [0.2, 0.25) is 0 Å². The lowest BCUT2D eigenvalue weighted by Gasteiger charge is -2.08. The van der Waals surface area contributed by atoms with Gasteiger partial charge >= 0.3 is 0 Å². The molecule has 3 nitrogen and oxygen atoms in total. The van der Waals surface area contributed by atoms with Gasteiger partial charge in [-0.05, 0) is 41.8 Å². The molecule has 17 heavy (non-hydrogen) atoms. The first kappa shape index (κ1) is 12.5. The van der Waals surface area contributed by atoms with Crippen molar-refractivity contribution in [1.29, 1.82) is 0 Å². The van der Waals surface area contributed by atoms with E-state index in [-0.39, 0.29) is 5.82 Å². The second-order valence-corrected chi connectivity index (χ2v) is 5.41. The lowest BCUT2D eigenvalue weighted by atomic mass is 10.2. The van der Waals surface area contributed by atoms with Gasteiger partial charge in [0.2, 0.25) is 0 Å². The van der Waals surface area contributed by atoms with E-state index in [4.69, 9.17) is 0 Å². The maximum absolute atomic E-state index is 13.2. The van der Waals surface area contributed by atoms with Crippen LogP contribution in [0.1, 0.15) is 12.5 Å². The molecule has 2 aromatic rings. The van der Waals surface area contributed by atoms with E-state index >= 15 is 0 Å². The van der Waals surface area contributed by atoms with Gasteiger partial charge < -0.3 is 5.32 Å².